The van der Waals surface area contributed by atoms with Crippen molar-refractivity contribution >= 4 is 28.9 Å². The van der Waals surface area contributed by atoms with Gasteiger partial charge in [-0.3, -0.25) is 4.98 Å². The molecule has 0 saturated carbocycles. The van der Waals surface area contributed by atoms with Crippen molar-refractivity contribution in [1.82, 2.24) is 19.9 Å². The number of aliphatic hydroxyl groups excluding tert-OH is 3. The van der Waals surface area contributed by atoms with Crippen LogP contribution in [0, 0.1) is 6.92 Å². The Labute approximate surface area is 207 Å². The molecule has 0 aliphatic carbocycles. The zero-order valence-corrected chi connectivity index (χ0v) is 19.8. The van der Waals surface area contributed by atoms with E-state index in [9.17, 15) is 10.2 Å². The van der Waals surface area contributed by atoms with Crippen molar-refractivity contribution in [2.75, 3.05) is 41.4 Å². The fourth-order valence-corrected chi connectivity index (χ4v) is 4.62. The summed E-state index contributed by atoms with van der Waals surface area (Å²) < 4.78 is 5.28. The van der Waals surface area contributed by atoms with Crippen LogP contribution in [-0.4, -0.2) is 80.1 Å². The second-order valence-electron chi connectivity index (χ2n) is 8.55. The first-order chi connectivity index (χ1) is 16.9. The third-order valence-corrected chi connectivity index (χ3v) is 6.34. The first-order valence-corrected chi connectivity index (χ1v) is 11.7. The van der Waals surface area contributed by atoms with E-state index in [2.05, 4.69) is 25.2 Å². The average molecular weight is 500 g/mol. The molecule has 1 saturated heterocycles. The predicted octanol–water partition coefficient (Wildman–Crippen LogP) is 1.41. The van der Waals surface area contributed by atoms with Crippen LogP contribution in [0.15, 0.2) is 36.8 Å². The first-order valence-electron chi connectivity index (χ1n) is 11.3. The van der Waals surface area contributed by atoms with Gasteiger partial charge in [0.25, 0.3) is 0 Å². The Hall–Kier alpha value is -3.25. The van der Waals surface area contributed by atoms with Gasteiger partial charge in [-0.2, -0.15) is 0 Å². The molecule has 0 aromatic carbocycles. The normalized spacial score (nSPS) is 18.3. The molecule has 1 fully saturated rings. The predicted molar refractivity (Wildman–Crippen MR) is 131 cm³/mol. The number of hydrogen-bond donors (Lipinski definition) is 4. The van der Waals surface area contributed by atoms with Gasteiger partial charge in [0.2, 0.25) is 12.2 Å². The topological polar surface area (TPSA) is 140 Å². The number of aliphatic hydroxyl groups is 3. The fraction of sp³-hybridized carbons (Fsp3) is 0.391. The van der Waals surface area contributed by atoms with Crippen LogP contribution in [0.3, 0.4) is 0 Å². The number of ether oxygens (including phenoxy) is 1. The zero-order chi connectivity index (χ0) is 24.5. The molecule has 3 aromatic rings. The van der Waals surface area contributed by atoms with E-state index in [1.165, 1.54) is 12.4 Å². The SMILES string of the molecule is Cc1cc(-c2nc3c(cc2Cl)N2CCC(C2)N3C(O)Nc2cnc(OC[C@@H](O)CO)cn2)ccn1. The fourth-order valence-electron chi connectivity index (χ4n) is 4.37. The van der Waals surface area contributed by atoms with Gasteiger partial charge in [0, 0.05) is 30.5 Å². The molecular formula is C23H26ClN7O4. The van der Waals surface area contributed by atoms with E-state index in [4.69, 9.17) is 26.4 Å². The summed E-state index contributed by atoms with van der Waals surface area (Å²) in [6, 6.07) is 5.75. The lowest BCUT2D eigenvalue weighted by molar-refractivity contribution is 0.0520. The second-order valence-corrected chi connectivity index (χ2v) is 8.96. The number of aromatic nitrogens is 4. The number of aryl methyl sites for hydroxylation is 1. The van der Waals surface area contributed by atoms with Crippen molar-refractivity contribution in [3.63, 3.8) is 0 Å². The van der Waals surface area contributed by atoms with Crippen molar-refractivity contribution in [2.45, 2.75) is 31.8 Å². The molecule has 35 heavy (non-hydrogen) atoms. The molecule has 0 radical (unpaired) electrons. The van der Waals surface area contributed by atoms with Crippen LogP contribution >= 0.6 is 11.6 Å². The minimum Gasteiger partial charge on any atom is -0.474 e. The minimum atomic E-state index is -1.11. The molecule has 12 heteroatoms. The zero-order valence-electron chi connectivity index (χ0n) is 19.0. The maximum atomic E-state index is 11.2. The van der Waals surface area contributed by atoms with E-state index in [1.807, 2.05) is 30.0 Å². The van der Waals surface area contributed by atoms with Gasteiger partial charge in [0.15, 0.2) is 5.82 Å². The molecule has 0 spiro atoms. The number of rotatable bonds is 8. The Bertz CT molecular complexity index is 1200. The van der Waals surface area contributed by atoms with E-state index in [0.29, 0.717) is 22.4 Å². The molecule has 5 rings (SSSR count). The molecule has 2 unspecified atom stereocenters. The van der Waals surface area contributed by atoms with E-state index in [1.54, 1.807) is 6.20 Å². The summed E-state index contributed by atoms with van der Waals surface area (Å²) in [7, 11) is 0. The van der Waals surface area contributed by atoms with Crippen LogP contribution in [0.4, 0.5) is 17.3 Å². The Morgan fingerprint density at radius 2 is 2.09 bits per heavy atom. The van der Waals surface area contributed by atoms with Gasteiger partial charge in [-0.1, -0.05) is 11.6 Å². The lowest BCUT2D eigenvalue weighted by Gasteiger charge is -2.40. The van der Waals surface area contributed by atoms with Gasteiger partial charge in [0.05, 0.1) is 41.4 Å². The summed E-state index contributed by atoms with van der Waals surface area (Å²) in [5, 5.41) is 33.0. The van der Waals surface area contributed by atoms with Gasteiger partial charge >= 0.3 is 0 Å². The second kappa shape index (κ2) is 9.78. The van der Waals surface area contributed by atoms with Crippen LogP contribution < -0.4 is 19.9 Å². The molecule has 4 N–H and O–H groups in total. The van der Waals surface area contributed by atoms with Crippen LogP contribution in [0.2, 0.25) is 5.02 Å². The highest BCUT2D eigenvalue weighted by molar-refractivity contribution is 6.33. The molecule has 11 nitrogen and oxygen atoms in total. The Morgan fingerprint density at radius 3 is 2.83 bits per heavy atom. The largest absolute Gasteiger partial charge is 0.474 e. The molecule has 2 aliphatic heterocycles. The molecule has 3 aromatic heterocycles. The number of nitrogens with one attached hydrogen (secondary N) is 1. The highest BCUT2D eigenvalue weighted by Crippen LogP contribution is 2.43. The number of nitrogens with zero attached hydrogens (tertiary/aromatic N) is 6. The van der Waals surface area contributed by atoms with Gasteiger partial charge in [-0.05, 0) is 31.5 Å². The smallest absolute Gasteiger partial charge is 0.232 e. The number of anilines is 3. The standard InChI is InChI=1S/C23H26ClN7O4/c1-13-6-14(2-4-25-13)21-17(24)7-18-22(29-21)31(15-3-5-30(18)10-15)23(34)28-19-8-27-20(9-26-19)35-12-16(33)11-32/h2,4,6-9,15-16,23,32-34H,3,5,10-12H2,1H3,(H,26,28)/t15?,16-,23?/m0/s1. The maximum Gasteiger partial charge on any atom is 0.232 e. The number of fused-ring (bicyclic) bond motifs is 4. The first kappa shape index (κ1) is 23.5. The monoisotopic (exact) mass is 499 g/mol. The third-order valence-electron chi connectivity index (χ3n) is 6.05. The summed E-state index contributed by atoms with van der Waals surface area (Å²) in [6.45, 7) is 3.00. The van der Waals surface area contributed by atoms with Gasteiger partial charge in [0.1, 0.15) is 18.5 Å². The number of halogens is 1. The van der Waals surface area contributed by atoms with Gasteiger partial charge in [-0.25, -0.2) is 15.0 Å². The molecule has 184 valence electrons. The lowest BCUT2D eigenvalue weighted by atomic mass is 10.1. The van der Waals surface area contributed by atoms with E-state index >= 15 is 0 Å². The summed E-state index contributed by atoms with van der Waals surface area (Å²) in [6.07, 6.45) is 3.28. The quantitative estimate of drug-likeness (QED) is 0.334. The van der Waals surface area contributed by atoms with Crippen molar-refractivity contribution in [1.29, 1.82) is 0 Å². The highest BCUT2D eigenvalue weighted by Gasteiger charge is 2.40. The summed E-state index contributed by atoms with van der Waals surface area (Å²) in [4.78, 5) is 21.6. The lowest BCUT2D eigenvalue weighted by Crippen LogP contribution is -2.52. The average Bonchev–Trinajstić information content (AvgIpc) is 3.28. The van der Waals surface area contributed by atoms with E-state index in [0.717, 1.165) is 36.5 Å². The van der Waals surface area contributed by atoms with Gasteiger partial charge in [-0.15, -0.1) is 0 Å². The summed E-state index contributed by atoms with van der Waals surface area (Å²) in [5.74, 6) is 1.17. The minimum absolute atomic E-state index is 0.0567. The van der Waals surface area contributed by atoms with Crippen molar-refractivity contribution < 1.29 is 20.1 Å². The highest BCUT2D eigenvalue weighted by atomic mass is 35.5. The molecule has 2 aliphatic rings. The molecule has 5 heterocycles. The third kappa shape index (κ3) is 4.80. The van der Waals surface area contributed by atoms with Crippen molar-refractivity contribution in [2.24, 2.45) is 0 Å². The molecular weight excluding hydrogens is 474 g/mol. The number of hydrogen-bond acceptors (Lipinski definition) is 11. The molecule has 3 atom stereocenters. The Morgan fingerprint density at radius 1 is 1.23 bits per heavy atom. The Kier molecular flexibility index (Phi) is 6.56. The number of pyridine rings is 2. The maximum absolute atomic E-state index is 11.2. The Balaban J connectivity index is 1.40. The molecule has 2 bridgehead atoms. The van der Waals surface area contributed by atoms with Crippen molar-refractivity contribution in [3.05, 3.63) is 47.5 Å². The summed E-state index contributed by atoms with van der Waals surface area (Å²) >= 11 is 6.64. The van der Waals surface area contributed by atoms with Gasteiger partial charge < -0.3 is 35.2 Å². The van der Waals surface area contributed by atoms with Crippen LogP contribution in [0.5, 0.6) is 5.88 Å². The van der Waals surface area contributed by atoms with E-state index in [-0.39, 0.29) is 18.5 Å². The van der Waals surface area contributed by atoms with Crippen LogP contribution in [0.1, 0.15) is 12.1 Å². The van der Waals surface area contributed by atoms with Crippen LogP contribution in [0.25, 0.3) is 11.3 Å². The summed E-state index contributed by atoms with van der Waals surface area (Å²) in [5.41, 5.74) is 3.21. The van der Waals surface area contributed by atoms with Crippen molar-refractivity contribution in [3.8, 4) is 17.1 Å². The molecule has 0 amide bonds. The van der Waals surface area contributed by atoms with E-state index < -0.39 is 19.1 Å². The van der Waals surface area contributed by atoms with Crippen LogP contribution in [-0.2, 0) is 0 Å².